The number of alkyl carbamates (subject to hydrolysis) is 1. The monoisotopic (exact) mass is 785 g/mol. The quantitative estimate of drug-likeness (QED) is 0.166. The van der Waals surface area contributed by atoms with Gasteiger partial charge in [0, 0.05) is 80.2 Å². The van der Waals surface area contributed by atoms with Crippen LogP contribution in [-0.2, 0) is 30.8 Å². The Morgan fingerprint density at radius 3 is 2.23 bits per heavy atom. The van der Waals surface area contributed by atoms with E-state index >= 15 is 0 Å². The maximum Gasteiger partial charge on any atom is 0.407 e. The molecule has 2 aromatic carbocycles. The van der Waals surface area contributed by atoms with Gasteiger partial charge in [-0.1, -0.05) is 24.3 Å². The fraction of sp³-hybridized carbons (Fsp3) is 0.475. The number of pyridine rings is 1. The number of carbonyl (C=O) groups is 3. The van der Waals surface area contributed by atoms with Crippen molar-refractivity contribution in [3.63, 3.8) is 0 Å². The number of tetrazole rings is 1. The molecule has 1 atom stereocenters. The molecule has 3 heterocycles. The fourth-order valence-corrected chi connectivity index (χ4v) is 8.55. The lowest BCUT2D eigenvalue weighted by molar-refractivity contribution is -0.129. The van der Waals surface area contributed by atoms with Gasteiger partial charge in [-0.15, -0.1) is 10.2 Å². The van der Waals surface area contributed by atoms with Crippen LogP contribution in [-0.4, -0.2) is 106 Å². The first-order valence-electron chi connectivity index (χ1n) is 19.1. The van der Waals surface area contributed by atoms with Gasteiger partial charge in [-0.25, -0.2) is 13.2 Å². The number of ketones is 1. The maximum atomic E-state index is 13.9. The summed E-state index contributed by atoms with van der Waals surface area (Å²) in [6, 6.07) is 16.3. The summed E-state index contributed by atoms with van der Waals surface area (Å²) >= 11 is 0. The van der Waals surface area contributed by atoms with Crippen molar-refractivity contribution in [3.05, 3.63) is 72.6 Å². The molecule has 2 amide bonds. The molecular weight excluding hydrogens is 735 g/mol. The first kappa shape index (κ1) is 40.6. The lowest BCUT2D eigenvalue weighted by Gasteiger charge is -2.31. The second kappa shape index (κ2) is 17.8. The van der Waals surface area contributed by atoms with Crippen LogP contribution in [0.25, 0.3) is 22.5 Å². The van der Waals surface area contributed by atoms with Crippen LogP contribution in [0, 0.1) is 17.8 Å². The minimum atomic E-state index is -3.69. The highest BCUT2D eigenvalue weighted by atomic mass is 32.2. The van der Waals surface area contributed by atoms with E-state index in [2.05, 4.69) is 41.1 Å². The van der Waals surface area contributed by atoms with E-state index in [1.54, 1.807) is 36.5 Å². The van der Waals surface area contributed by atoms with Crippen LogP contribution < -0.4 is 10.6 Å². The lowest BCUT2D eigenvalue weighted by atomic mass is 9.77. The molecule has 1 saturated carbocycles. The predicted molar refractivity (Wildman–Crippen MR) is 211 cm³/mol. The summed E-state index contributed by atoms with van der Waals surface area (Å²) in [4.78, 5) is 46.3. The number of hydrogen-bond acceptors (Lipinski definition) is 11. The Kier molecular flexibility index (Phi) is 12.9. The van der Waals surface area contributed by atoms with Gasteiger partial charge in [-0.05, 0) is 113 Å². The summed E-state index contributed by atoms with van der Waals surface area (Å²) < 4.78 is 33.7. The van der Waals surface area contributed by atoms with E-state index in [1.165, 1.54) is 10.5 Å². The molecule has 56 heavy (non-hydrogen) atoms. The number of nitrogens with zero attached hydrogens (tertiary/aromatic N) is 6. The van der Waals surface area contributed by atoms with E-state index < -0.39 is 27.6 Å². The molecule has 0 radical (unpaired) electrons. The summed E-state index contributed by atoms with van der Waals surface area (Å²) in [5.74, 6) is -0.336. The number of aromatic nitrogens is 5. The Labute approximate surface area is 328 Å². The van der Waals surface area contributed by atoms with Crippen LogP contribution in [0.2, 0.25) is 0 Å². The van der Waals surface area contributed by atoms with Crippen molar-refractivity contribution in [3.8, 4) is 22.5 Å². The molecule has 2 aliphatic rings. The zero-order valence-electron chi connectivity index (χ0n) is 32.4. The molecule has 0 unspecified atom stereocenters. The number of Topliss-reactive ketones (excluding diaryl/α,β-unsaturated/α-hetero) is 1. The highest BCUT2D eigenvalue weighted by molar-refractivity contribution is 7.89. The predicted octanol–water partition coefficient (Wildman–Crippen LogP) is 4.95. The number of piperazine rings is 1. The third kappa shape index (κ3) is 10.8. The molecular formula is C40H51N9O6S. The molecule has 3 N–H and O–H groups in total. The Bertz CT molecular complexity index is 2050. The molecule has 6 rings (SSSR count). The van der Waals surface area contributed by atoms with Crippen molar-refractivity contribution in [2.75, 3.05) is 45.1 Å². The molecule has 2 aromatic heterocycles. The van der Waals surface area contributed by atoms with Gasteiger partial charge in [0.25, 0.3) is 0 Å². The van der Waals surface area contributed by atoms with Crippen molar-refractivity contribution >= 4 is 33.5 Å². The molecule has 1 saturated heterocycles. The number of carbonyl (C=O) groups excluding carboxylic acids is 3. The van der Waals surface area contributed by atoms with Crippen molar-refractivity contribution in [2.24, 2.45) is 17.8 Å². The van der Waals surface area contributed by atoms with E-state index in [-0.39, 0.29) is 34.8 Å². The first-order valence-corrected chi connectivity index (χ1v) is 20.5. The van der Waals surface area contributed by atoms with E-state index in [1.807, 2.05) is 52.1 Å². The van der Waals surface area contributed by atoms with Gasteiger partial charge >= 0.3 is 6.09 Å². The van der Waals surface area contributed by atoms with Gasteiger partial charge < -0.3 is 20.3 Å². The average molecular weight is 786 g/mol. The molecule has 298 valence electrons. The number of hydrogen-bond donors (Lipinski definition) is 3. The van der Waals surface area contributed by atoms with E-state index in [4.69, 9.17) is 4.74 Å². The number of likely N-dealkylation sites (N-methyl/N-ethyl adjacent to an activating group) is 1. The highest BCUT2D eigenvalue weighted by Gasteiger charge is 2.31. The molecule has 1 aliphatic carbocycles. The number of nitrogens with one attached hydrogen (secondary N) is 3. The zero-order valence-corrected chi connectivity index (χ0v) is 33.2. The Morgan fingerprint density at radius 1 is 0.911 bits per heavy atom. The van der Waals surface area contributed by atoms with Crippen molar-refractivity contribution in [1.29, 1.82) is 0 Å². The topological polar surface area (TPSA) is 192 Å². The largest absolute Gasteiger partial charge is 0.444 e. The van der Waals surface area contributed by atoms with Crippen molar-refractivity contribution in [2.45, 2.75) is 69.8 Å². The number of sulfonamides is 1. The average Bonchev–Trinajstić information content (AvgIpc) is 3.73. The van der Waals surface area contributed by atoms with Gasteiger partial charge in [0.15, 0.2) is 0 Å². The SMILES string of the molecule is CN1CCN(S(=O)(=O)c2cncc(-c3ccc(C[C@H](CC(=O)C4CCC(CNC(=O)OC(C)(C)C)CC4)C(=O)Nc4ccc(-c5nn[nH]n5)cc4)cc3)c2)CC1. The Balaban J connectivity index is 1.12. The van der Waals surface area contributed by atoms with Gasteiger partial charge in [-0.2, -0.15) is 9.52 Å². The summed E-state index contributed by atoms with van der Waals surface area (Å²) in [5.41, 5.74) is 3.05. The fourth-order valence-electron chi connectivity index (χ4n) is 7.14. The standard InChI is InChI=1S/C40H51N9O6S/c1-40(2,3)55-39(52)42-24-28-7-11-30(12-8-28)36(50)23-32(38(51)43-34-15-13-31(14-16-34)37-44-46-47-45-37)21-27-5-9-29(10-6-27)33-22-35(26-41-25-33)56(53,54)49-19-17-48(4)18-20-49/h5-6,9-10,13-16,22,25-26,28,30,32H,7-8,11-12,17-21,23-24H2,1-4H3,(H,42,52)(H,43,51)(H,44,45,46,47)/t28?,30?,32-/m1/s1. The summed E-state index contributed by atoms with van der Waals surface area (Å²) in [5, 5.41) is 19.9. The van der Waals surface area contributed by atoms with Crippen molar-refractivity contribution in [1.82, 2.24) is 40.1 Å². The number of anilines is 1. The zero-order chi connectivity index (χ0) is 39.9. The minimum absolute atomic E-state index is 0.0530. The minimum Gasteiger partial charge on any atom is -0.444 e. The lowest BCUT2D eigenvalue weighted by Crippen LogP contribution is -2.47. The van der Waals surface area contributed by atoms with E-state index in [0.29, 0.717) is 69.1 Å². The first-order chi connectivity index (χ1) is 26.7. The molecule has 15 nitrogen and oxygen atoms in total. The van der Waals surface area contributed by atoms with Crippen LogP contribution in [0.1, 0.15) is 58.4 Å². The van der Waals surface area contributed by atoms with Gasteiger partial charge in [-0.3, -0.25) is 14.6 Å². The molecule has 0 bridgehead atoms. The van der Waals surface area contributed by atoms with Crippen LogP contribution in [0.4, 0.5) is 10.5 Å². The Hall–Kier alpha value is -5.06. The van der Waals surface area contributed by atoms with E-state index in [0.717, 1.165) is 29.5 Å². The number of H-pyrrole nitrogens is 1. The normalized spacial score (nSPS) is 18.9. The molecule has 4 aromatic rings. The van der Waals surface area contributed by atoms with E-state index in [9.17, 15) is 22.8 Å². The third-order valence-electron chi connectivity index (χ3n) is 10.4. The molecule has 16 heteroatoms. The number of benzene rings is 2. The van der Waals surface area contributed by atoms with Crippen LogP contribution in [0.3, 0.4) is 0 Å². The number of aromatic amines is 1. The summed E-state index contributed by atoms with van der Waals surface area (Å²) in [7, 11) is -1.72. The van der Waals surface area contributed by atoms with Crippen LogP contribution in [0.15, 0.2) is 71.9 Å². The second-order valence-electron chi connectivity index (χ2n) is 15.8. The van der Waals surface area contributed by atoms with Gasteiger partial charge in [0.1, 0.15) is 16.3 Å². The smallest absolute Gasteiger partial charge is 0.407 e. The number of amides is 2. The van der Waals surface area contributed by atoms with Gasteiger partial charge in [0.05, 0.1) is 0 Å². The highest BCUT2D eigenvalue weighted by Crippen LogP contribution is 2.32. The maximum absolute atomic E-state index is 13.9. The van der Waals surface area contributed by atoms with Crippen molar-refractivity contribution < 1.29 is 27.5 Å². The molecule has 2 fully saturated rings. The van der Waals surface area contributed by atoms with Crippen LogP contribution in [0.5, 0.6) is 0 Å². The third-order valence-corrected chi connectivity index (χ3v) is 12.3. The number of ether oxygens (including phenoxy) is 1. The molecule has 1 aliphatic heterocycles. The second-order valence-corrected chi connectivity index (χ2v) is 17.7. The number of rotatable bonds is 13. The van der Waals surface area contributed by atoms with Crippen LogP contribution >= 0.6 is 0 Å². The molecule has 0 spiro atoms. The Morgan fingerprint density at radius 2 is 1.59 bits per heavy atom. The summed E-state index contributed by atoms with van der Waals surface area (Å²) in [6.07, 6.45) is 5.96. The van der Waals surface area contributed by atoms with Gasteiger partial charge in [0.2, 0.25) is 21.8 Å². The summed E-state index contributed by atoms with van der Waals surface area (Å²) in [6.45, 7) is 8.15.